The molecule has 2 aromatic carbocycles. The Bertz CT molecular complexity index is 762. The molecule has 4 rings (SSSR count). The molecule has 2 aliphatic rings. The van der Waals surface area contributed by atoms with Crippen LogP contribution >= 0.6 is 11.6 Å². The smallest absolute Gasteiger partial charge is 0.217 e. The fourth-order valence-electron chi connectivity index (χ4n) is 4.65. The summed E-state index contributed by atoms with van der Waals surface area (Å²) in [6, 6.07) is 18.5. The highest BCUT2D eigenvalue weighted by atomic mass is 35.5. The van der Waals surface area contributed by atoms with Crippen molar-refractivity contribution in [3.05, 3.63) is 70.7 Å². The van der Waals surface area contributed by atoms with Gasteiger partial charge in [0.05, 0.1) is 6.10 Å². The minimum atomic E-state index is -0.836. The summed E-state index contributed by atoms with van der Waals surface area (Å²) in [4.78, 5) is 2.11. The van der Waals surface area contributed by atoms with E-state index in [2.05, 4.69) is 23.1 Å². The molecule has 1 aliphatic heterocycles. The molecule has 144 valence electrons. The third-order valence-corrected chi connectivity index (χ3v) is 6.56. The third kappa shape index (κ3) is 3.78. The number of benzene rings is 2. The molecule has 0 amide bonds. The number of hydrogen-bond donors (Lipinski definition) is 2. The quantitative estimate of drug-likeness (QED) is 0.838. The summed E-state index contributed by atoms with van der Waals surface area (Å²) in [7, 11) is 0. The Labute approximate surface area is 165 Å². The fourth-order valence-corrected chi connectivity index (χ4v) is 4.84. The minimum absolute atomic E-state index is 0.0221. The molecule has 0 bridgehead atoms. The van der Waals surface area contributed by atoms with Gasteiger partial charge >= 0.3 is 0 Å². The molecule has 1 saturated heterocycles. The second-order valence-corrected chi connectivity index (χ2v) is 8.22. The van der Waals surface area contributed by atoms with Crippen molar-refractivity contribution in [1.82, 2.24) is 4.90 Å². The van der Waals surface area contributed by atoms with Crippen molar-refractivity contribution in [3.8, 4) is 0 Å². The van der Waals surface area contributed by atoms with Crippen LogP contribution in [0.5, 0.6) is 0 Å². The van der Waals surface area contributed by atoms with Gasteiger partial charge in [-0.15, -0.1) is 0 Å². The van der Waals surface area contributed by atoms with E-state index in [1.54, 1.807) is 0 Å². The van der Waals surface area contributed by atoms with Crippen molar-refractivity contribution >= 4 is 11.6 Å². The molecule has 0 spiro atoms. The van der Waals surface area contributed by atoms with Crippen LogP contribution in [0, 0.1) is 0 Å². The Hall–Kier alpha value is -1.43. The summed E-state index contributed by atoms with van der Waals surface area (Å²) in [5, 5.41) is 11.2. The number of aliphatic hydroxyl groups is 1. The first kappa shape index (κ1) is 18.9. The van der Waals surface area contributed by atoms with Crippen molar-refractivity contribution in [2.75, 3.05) is 13.1 Å². The number of rotatable bonds is 4. The average molecular weight is 387 g/mol. The Morgan fingerprint density at radius 3 is 2.52 bits per heavy atom. The van der Waals surface area contributed by atoms with E-state index in [9.17, 15) is 5.11 Å². The van der Waals surface area contributed by atoms with E-state index in [0.717, 1.165) is 42.8 Å². The molecule has 1 saturated carbocycles. The van der Waals surface area contributed by atoms with E-state index < -0.39 is 6.41 Å². The second kappa shape index (κ2) is 7.90. The number of nitrogens with two attached hydrogens (primary N) is 1. The highest BCUT2D eigenvalue weighted by Gasteiger charge is 2.42. The van der Waals surface area contributed by atoms with Gasteiger partial charge in [0, 0.05) is 29.6 Å². The Morgan fingerprint density at radius 1 is 1.11 bits per heavy atom. The molecule has 1 heterocycles. The van der Waals surface area contributed by atoms with Gasteiger partial charge in [-0.3, -0.25) is 0 Å². The lowest BCUT2D eigenvalue weighted by molar-refractivity contribution is -0.164. The summed E-state index contributed by atoms with van der Waals surface area (Å²) < 4.78 is 5.83. The maximum atomic E-state index is 10.5. The first-order chi connectivity index (χ1) is 13.1. The standard InChI is InChI=1S/C22H27ClN2O2/c23-18-8-4-7-17(13-18)22(15-24)11-9-19(10-12-22)25-14-20(27-21(25)26)16-5-2-1-3-6-16/h1-8,13,19-21,26H,9-12,14-15,24H2/t19?,20-,21?,22?/m1/s1. The minimum Gasteiger partial charge on any atom is -0.356 e. The Kier molecular flexibility index (Phi) is 5.53. The van der Waals surface area contributed by atoms with Crippen molar-refractivity contribution in [2.24, 2.45) is 5.73 Å². The fraction of sp³-hybridized carbons (Fsp3) is 0.455. The predicted octanol–water partition coefficient (Wildman–Crippen LogP) is 3.83. The molecule has 0 aromatic heterocycles. The highest BCUT2D eigenvalue weighted by Crippen LogP contribution is 2.42. The van der Waals surface area contributed by atoms with Gasteiger partial charge in [0.15, 0.2) is 0 Å². The van der Waals surface area contributed by atoms with Crippen LogP contribution in [0.2, 0.25) is 5.02 Å². The maximum Gasteiger partial charge on any atom is 0.217 e. The van der Waals surface area contributed by atoms with Gasteiger partial charge in [0.1, 0.15) is 0 Å². The summed E-state index contributed by atoms with van der Waals surface area (Å²) in [6.07, 6.45) is 3.06. The Morgan fingerprint density at radius 2 is 1.85 bits per heavy atom. The zero-order valence-corrected chi connectivity index (χ0v) is 16.2. The van der Waals surface area contributed by atoms with Crippen LogP contribution in [-0.4, -0.2) is 35.6 Å². The lowest BCUT2D eigenvalue weighted by Crippen LogP contribution is -2.47. The van der Waals surface area contributed by atoms with Gasteiger partial charge < -0.3 is 15.6 Å². The molecular formula is C22H27ClN2O2. The normalized spacial score (nSPS) is 31.9. The summed E-state index contributed by atoms with van der Waals surface area (Å²) in [6.45, 7) is 1.34. The predicted molar refractivity (Wildman–Crippen MR) is 107 cm³/mol. The third-order valence-electron chi connectivity index (χ3n) is 6.33. The summed E-state index contributed by atoms with van der Waals surface area (Å²) >= 11 is 6.21. The molecule has 1 unspecified atom stereocenters. The van der Waals surface area contributed by atoms with Crippen LogP contribution < -0.4 is 5.73 Å². The van der Waals surface area contributed by atoms with Crippen LogP contribution in [-0.2, 0) is 10.2 Å². The highest BCUT2D eigenvalue weighted by molar-refractivity contribution is 6.30. The van der Waals surface area contributed by atoms with Gasteiger partial charge in [0.25, 0.3) is 0 Å². The largest absolute Gasteiger partial charge is 0.356 e. The molecular weight excluding hydrogens is 360 g/mol. The van der Waals surface area contributed by atoms with Gasteiger partial charge in [0.2, 0.25) is 6.41 Å². The van der Waals surface area contributed by atoms with Crippen molar-refractivity contribution in [1.29, 1.82) is 0 Å². The lowest BCUT2D eigenvalue weighted by atomic mass is 9.68. The van der Waals surface area contributed by atoms with Crippen molar-refractivity contribution in [2.45, 2.75) is 49.7 Å². The van der Waals surface area contributed by atoms with E-state index in [4.69, 9.17) is 22.1 Å². The van der Waals surface area contributed by atoms with E-state index >= 15 is 0 Å². The van der Waals surface area contributed by atoms with Gasteiger partial charge in [-0.1, -0.05) is 54.1 Å². The molecule has 4 nitrogen and oxygen atoms in total. The Balaban J connectivity index is 1.44. The van der Waals surface area contributed by atoms with Crippen LogP contribution in [0.1, 0.15) is 42.9 Å². The monoisotopic (exact) mass is 386 g/mol. The number of hydrogen-bond acceptors (Lipinski definition) is 4. The lowest BCUT2D eigenvalue weighted by Gasteiger charge is -2.43. The molecule has 1 aliphatic carbocycles. The molecule has 5 heteroatoms. The van der Waals surface area contributed by atoms with Crippen LogP contribution in [0.25, 0.3) is 0 Å². The second-order valence-electron chi connectivity index (χ2n) is 7.78. The van der Waals surface area contributed by atoms with Crippen LogP contribution in [0.4, 0.5) is 0 Å². The first-order valence-corrected chi connectivity index (χ1v) is 10.1. The first-order valence-electron chi connectivity index (χ1n) is 9.72. The van der Waals surface area contributed by atoms with Gasteiger partial charge in [-0.2, -0.15) is 0 Å². The molecule has 2 atom stereocenters. The van der Waals surface area contributed by atoms with Crippen molar-refractivity contribution < 1.29 is 9.84 Å². The SMILES string of the molecule is NCC1(c2cccc(Cl)c2)CCC(N2C[C@H](c3ccccc3)OC2O)CC1. The zero-order chi connectivity index (χ0) is 18.9. The van der Waals surface area contributed by atoms with E-state index in [1.165, 1.54) is 5.56 Å². The summed E-state index contributed by atoms with van der Waals surface area (Å²) in [5.74, 6) is 0. The molecule has 2 aromatic rings. The number of aliphatic hydroxyl groups excluding tert-OH is 1. The summed E-state index contributed by atoms with van der Waals surface area (Å²) in [5.41, 5.74) is 8.54. The maximum absolute atomic E-state index is 10.5. The zero-order valence-electron chi connectivity index (χ0n) is 15.4. The van der Waals surface area contributed by atoms with E-state index in [1.807, 2.05) is 36.4 Å². The van der Waals surface area contributed by atoms with Crippen molar-refractivity contribution in [3.63, 3.8) is 0 Å². The molecule has 0 radical (unpaired) electrons. The molecule has 2 fully saturated rings. The number of ether oxygens (including phenoxy) is 1. The van der Waals surface area contributed by atoms with Crippen LogP contribution in [0.15, 0.2) is 54.6 Å². The van der Waals surface area contributed by atoms with Gasteiger partial charge in [-0.05, 0) is 48.9 Å². The van der Waals surface area contributed by atoms with E-state index in [-0.39, 0.29) is 11.5 Å². The molecule has 27 heavy (non-hydrogen) atoms. The topological polar surface area (TPSA) is 58.7 Å². The van der Waals surface area contributed by atoms with E-state index in [0.29, 0.717) is 12.6 Å². The number of nitrogens with zero attached hydrogens (tertiary/aromatic N) is 1. The van der Waals surface area contributed by atoms with Crippen LogP contribution in [0.3, 0.4) is 0 Å². The average Bonchev–Trinajstić information content (AvgIpc) is 3.10. The number of halogens is 1. The van der Waals surface area contributed by atoms with Gasteiger partial charge in [-0.25, -0.2) is 4.90 Å². The molecule has 3 N–H and O–H groups in total.